The molecule has 4 aliphatic carbocycles. The number of aliphatic hydroxyl groups excluding tert-OH is 1. The monoisotopic (exact) mass is 447 g/mol. The maximum absolute atomic E-state index is 13.1. The van der Waals surface area contributed by atoms with Gasteiger partial charge in [-0.1, -0.05) is 6.92 Å². The molecule has 4 saturated carbocycles. The van der Waals surface area contributed by atoms with Crippen molar-refractivity contribution in [3.05, 3.63) is 0 Å². The van der Waals surface area contributed by atoms with Gasteiger partial charge in [0.15, 0.2) is 0 Å². The second-order valence-electron chi connectivity index (χ2n) is 11.9. The normalized spacial score (nSPS) is 55.3. The summed E-state index contributed by atoms with van der Waals surface area (Å²) in [5, 5.41) is 24.9. The van der Waals surface area contributed by atoms with Gasteiger partial charge in [0.2, 0.25) is 0 Å². The summed E-state index contributed by atoms with van der Waals surface area (Å²) in [5.74, 6) is -0.161. The first-order valence-electron chi connectivity index (χ1n) is 12.6. The Balaban J connectivity index is 1.63. The molecule has 2 aliphatic heterocycles. The zero-order chi connectivity index (χ0) is 22.6. The molecule has 0 aromatic rings. The van der Waals surface area contributed by atoms with Crippen molar-refractivity contribution in [2.24, 2.45) is 46.3 Å². The highest BCUT2D eigenvalue weighted by Crippen LogP contribution is 2.79. The zero-order valence-corrected chi connectivity index (χ0v) is 19.5. The van der Waals surface area contributed by atoms with Gasteiger partial charge in [-0.3, -0.25) is 14.5 Å². The van der Waals surface area contributed by atoms with Crippen molar-refractivity contribution in [3.8, 4) is 0 Å². The predicted molar refractivity (Wildman–Crippen MR) is 114 cm³/mol. The maximum Gasteiger partial charge on any atom is 0.309 e. The molecule has 6 fully saturated rings. The topological polar surface area (TPSA) is 96.3 Å². The largest absolute Gasteiger partial charge is 0.469 e. The summed E-state index contributed by atoms with van der Waals surface area (Å²) in [5.41, 5.74) is -2.45. The average Bonchev–Trinajstić information content (AvgIpc) is 3.32. The van der Waals surface area contributed by atoms with Crippen molar-refractivity contribution in [3.63, 3.8) is 0 Å². The number of piperidine rings is 1. The van der Waals surface area contributed by atoms with E-state index < -0.39 is 22.5 Å². The molecule has 0 aromatic carbocycles. The van der Waals surface area contributed by atoms with Crippen LogP contribution in [0.15, 0.2) is 0 Å². The highest BCUT2D eigenvalue weighted by molar-refractivity contribution is 5.74. The smallest absolute Gasteiger partial charge is 0.309 e. The lowest BCUT2D eigenvalue weighted by Gasteiger charge is -2.70. The van der Waals surface area contributed by atoms with Gasteiger partial charge in [-0.25, -0.2) is 0 Å². The van der Waals surface area contributed by atoms with Crippen molar-refractivity contribution in [2.45, 2.75) is 70.1 Å². The van der Waals surface area contributed by atoms with Crippen molar-refractivity contribution in [1.29, 1.82) is 0 Å². The second-order valence-corrected chi connectivity index (χ2v) is 11.9. The third-order valence-corrected chi connectivity index (χ3v) is 11.3. The molecule has 0 aromatic heterocycles. The van der Waals surface area contributed by atoms with Crippen molar-refractivity contribution in [1.82, 2.24) is 4.90 Å². The summed E-state index contributed by atoms with van der Waals surface area (Å²) in [7, 11) is 1.44. The first kappa shape index (κ1) is 21.4. The summed E-state index contributed by atoms with van der Waals surface area (Å²) in [6, 6.07) is 0.105. The van der Waals surface area contributed by atoms with Gasteiger partial charge in [0, 0.05) is 42.8 Å². The van der Waals surface area contributed by atoms with E-state index in [0.717, 1.165) is 38.8 Å². The zero-order valence-electron chi connectivity index (χ0n) is 19.5. The van der Waals surface area contributed by atoms with Crippen LogP contribution in [0.2, 0.25) is 0 Å². The van der Waals surface area contributed by atoms with Crippen LogP contribution in [0.5, 0.6) is 0 Å². The molecule has 6 aliphatic rings. The number of hydrogen-bond acceptors (Lipinski definition) is 7. The molecule has 32 heavy (non-hydrogen) atoms. The van der Waals surface area contributed by atoms with Crippen LogP contribution in [0.1, 0.15) is 52.4 Å². The molecular weight excluding hydrogens is 410 g/mol. The van der Waals surface area contributed by atoms with E-state index in [1.165, 1.54) is 14.0 Å². The minimum absolute atomic E-state index is 0.105. The van der Waals surface area contributed by atoms with Gasteiger partial charge in [-0.15, -0.1) is 0 Å². The second kappa shape index (κ2) is 6.70. The minimum Gasteiger partial charge on any atom is -0.469 e. The fourth-order valence-corrected chi connectivity index (χ4v) is 10.5. The van der Waals surface area contributed by atoms with E-state index >= 15 is 0 Å². The Morgan fingerprint density at radius 2 is 1.84 bits per heavy atom. The Morgan fingerprint density at radius 3 is 2.56 bits per heavy atom. The molecule has 0 radical (unpaired) electrons. The molecule has 178 valence electrons. The van der Waals surface area contributed by atoms with Crippen molar-refractivity contribution < 1.29 is 29.3 Å². The Morgan fingerprint density at radius 1 is 1.12 bits per heavy atom. The highest BCUT2D eigenvalue weighted by atomic mass is 16.5. The van der Waals surface area contributed by atoms with Gasteiger partial charge >= 0.3 is 11.9 Å². The number of carbonyl (C=O) groups is 2. The van der Waals surface area contributed by atoms with E-state index in [4.69, 9.17) is 9.47 Å². The van der Waals surface area contributed by atoms with Crippen molar-refractivity contribution >= 4 is 11.9 Å². The SMILES string of the molecule is COC(=O)[C@@H]1C[C@]23[C@@H]4[C@@H]5C[C@H](O)[C@@]2(COC(C)=O)[C@@H](CC[C@H]2CC[C@H]1[C@@]23O)CN4C[C@H]5C. The molecule has 1 spiro atoms. The van der Waals surface area contributed by atoms with Gasteiger partial charge < -0.3 is 19.7 Å². The Hall–Kier alpha value is -1.18. The first-order chi connectivity index (χ1) is 15.2. The van der Waals surface area contributed by atoms with Crippen LogP contribution >= 0.6 is 0 Å². The summed E-state index contributed by atoms with van der Waals surface area (Å²) in [6.45, 7) is 5.67. The van der Waals surface area contributed by atoms with Crippen LogP contribution < -0.4 is 0 Å². The summed E-state index contributed by atoms with van der Waals surface area (Å²) >= 11 is 0. The van der Waals surface area contributed by atoms with E-state index in [2.05, 4.69) is 11.8 Å². The number of ether oxygens (including phenoxy) is 2. The number of rotatable bonds is 3. The van der Waals surface area contributed by atoms with Crippen LogP contribution in [0.3, 0.4) is 0 Å². The van der Waals surface area contributed by atoms with E-state index in [-0.39, 0.29) is 54.2 Å². The van der Waals surface area contributed by atoms with Gasteiger partial charge in [-0.05, 0) is 62.2 Å². The lowest BCUT2D eigenvalue weighted by Crippen LogP contribution is -2.78. The summed E-state index contributed by atoms with van der Waals surface area (Å²) in [6.07, 6.45) is 4.10. The standard InChI is InChI=1S/C25H37NO6/c1-13-10-26-11-16-5-4-15-6-7-19-18(22(29)31-3)9-24(25(15,19)30)21(26)17(13)8-20(28)23(16,24)12-32-14(2)27/h13,15-21,28,30H,4-12H2,1-3H3/t13-,15+,16+,17-,18-,19-,20+,21+,23-,24+,25+/m1/s1. The Bertz CT molecular complexity index is 848. The van der Waals surface area contributed by atoms with E-state index in [1.807, 2.05) is 0 Å². The van der Waals surface area contributed by atoms with Crippen LogP contribution in [0.25, 0.3) is 0 Å². The molecule has 4 bridgehead atoms. The van der Waals surface area contributed by atoms with Gasteiger partial charge in [0.05, 0.1) is 24.7 Å². The Kier molecular flexibility index (Phi) is 4.47. The molecule has 0 unspecified atom stereocenters. The molecule has 2 N–H and O–H groups in total. The van der Waals surface area contributed by atoms with Gasteiger partial charge in [0.1, 0.15) is 6.61 Å². The number of aliphatic hydroxyl groups is 2. The molecule has 6 rings (SSSR count). The number of hydrogen-bond donors (Lipinski definition) is 2. The Labute approximate surface area is 189 Å². The fourth-order valence-electron chi connectivity index (χ4n) is 10.5. The molecule has 7 nitrogen and oxygen atoms in total. The molecular formula is C25H37NO6. The first-order valence-corrected chi connectivity index (χ1v) is 12.6. The third-order valence-electron chi connectivity index (χ3n) is 11.3. The van der Waals surface area contributed by atoms with Crippen molar-refractivity contribution in [2.75, 3.05) is 26.8 Å². The van der Waals surface area contributed by atoms with Crippen LogP contribution in [0.4, 0.5) is 0 Å². The van der Waals surface area contributed by atoms with E-state index in [0.29, 0.717) is 18.8 Å². The fraction of sp³-hybridized carbons (Fsp3) is 0.920. The van der Waals surface area contributed by atoms with E-state index in [1.54, 1.807) is 0 Å². The predicted octanol–water partition coefficient (Wildman–Crippen LogP) is 1.60. The highest BCUT2D eigenvalue weighted by Gasteiger charge is 2.85. The number of methoxy groups -OCH3 is 1. The summed E-state index contributed by atoms with van der Waals surface area (Å²) in [4.78, 5) is 27.7. The molecule has 11 atom stereocenters. The van der Waals surface area contributed by atoms with Gasteiger partial charge in [0.25, 0.3) is 0 Å². The quantitative estimate of drug-likeness (QED) is 0.635. The van der Waals surface area contributed by atoms with Crippen LogP contribution in [0, 0.1) is 46.3 Å². The van der Waals surface area contributed by atoms with Crippen LogP contribution in [-0.4, -0.2) is 71.6 Å². The number of nitrogens with zero attached hydrogens (tertiary/aromatic N) is 1. The molecule has 2 heterocycles. The lowest BCUT2D eigenvalue weighted by atomic mass is 9.40. The van der Waals surface area contributed by atoms with Crippen LogP contribution in [-0.2, 0) is 19.1 Å². The lowest BCUT2D eigenvalue weighted by molar-refractivity contribution is -0.296. The molecule has 7 heteroatoms. The van der Waals surface area contributed by atoms with Gasteiger partial charge in [-0.2, -0.15) is 0 Å². The molecule has 0 amide bonds. The summed E-state index contributed by atoms with van der Waals surface area (Å²) < 4.78 is 11.0. The maximum atomic E-state index is 13.1. The third kappa shape index (κ3) is 2.15. The minimum atomic E-state index is -1.05. The van der Waals surface area contributed by atoms with E-state index in [9.17, 15) is 19.8 Å². The number of esters is 2. The molecule has 2 saturated heterocycles. The number of carbonyl (C=O) groups excluding carboxylic acids is 2. The average molecular weight is 448 g/mol.